The number of aryl methyl sites for hydroxylation is 1. The van der Waals surface area contributed by atoms with Crippen molar-refractivity contribution >= 4 is 10.1 Å². The summed E-state index contributed by atoms with van der Waals surface area (Å²) in [6, 6.07) is 6.48. The second-order valence-corrected chi connectivity index (χ2v) is 6.65. The van der Waals surface area contributed by atoms with Crippen LogP contribution in [-0.2, 0) is 23.8 Å². The standard InChI is InChI=1S/C13H17NO5S/c1-8-2-4-9(5-3-8)20(15,16)19-10(6-14)12-13-11(18-13)7-17-12/h2-5,10-13H,6-7,14H2,1H3/t10?,11-,12+,13-/m0/s1. The van der Waals surface area contributed by atoms with E-state index in [1.807, 2.05) is 6.92 Å². The second-order valence-electron chi connectivity index (χ2n) is 5.07. The maximum Gasteiger partial charge on any atom is 0.297 e. The second kappa shape index (κ2) is 5.09. The van der Waals surface area contributed by atoms with Crippen LogP contribution in [0.5, 0.6) is 0 Å². The number of hydrogen-bond acceptors (Lipinski definition) is 6. The Morgan fingerprint density at radius 2 is 2.10 bits per heavy atom. The van der Waals surface area contributed by atoms with Gasteiger partial charge in [0.15, 0.2) is 0 Å². The molecule has 110 valence electrons. The molecule has 2 heterocycles. The van der Waals surface area contributed by atoms with E-state index in [4.69, 9.17) is 19.4 Å². The van der Waals surface area contributed by atoms with E-state index < -0.39 is 22.3 Å². The number of hydrogen-bond donors (Lipinski definition) is 1. The first-order chi connectivity index (χ1) is 9.51. The normalized spacial score (nSPS) is 30.0. The van der Waals surface area contributed by atoms with Gasteiger partial charge in [-0.3, -0.25) is 4.18 Å². The van der Waals surface area contributed by atoms with Gasteiger partial charge in [-0.05, 0) is 19.1 Å². The molecule has 6 nitrogen and oxygen atoms in total. The summed E-state index contributed by atoms with van der Waals surface area (Å²) in [7, 11) is -3.85. The van der Waals surface area contributed by atoms with Crippen LogP contribution in [0.2, 0.25) is 0 Å². The largest absolute Gasteiger partial charge is 0.370 e. The Kier molecular flexibility index (Phi) is 3.55. The van der Waals surface area contributed by atoms with E-state index in [0.717, 1.165) is 5.56 Å². The molecule has 0 spiro atoms. The summed E-state index contributed by atoms with van der Waals surface area (Å²) in [6.45, 7) is 2.42. The van der Waals surface area contributed by atoms with Gasteiger partial charge >= 0.3 is 0 Å². The van der Waals surface area contributed by atoms with Gasteiger partial charge in [0.1, 0.15) is 24.4 Å². The molecule has 2 aliphatic heterocycles. The Labute approximate surface area is 117 Å². The highest BCUT2D eigenvalue weighted by Gasteiger charge is 2.55. The third-order valence-corrected chi connectivity index (χ3v) is 4.91. The number of epoxide rings is 1. The Morgan fingerprint density at radius 1 is 1.40 bits per heavy atom. The van der Waals surface area contributed by atoms with E-state index >= 15 is 0 Å². The van der Waals surface area contributed by atoms with Crippen LogP contribution in [0.1, 0.15) is 5.56 Å². The zero-order valence-electron chi connectivity index (χ0n) is 11.1. The van der Waals surface area contributed by atoms with E-state index in [9.17, 15) is 8.42 Å². The Morgan fingerprint density at radius 3 is 2.60 bits per heavy atom. The summed E-state index contributed by atoms with van der Waals surface area (Å²) in [5.74, 6) is 0. The van der Waals surface area contributed by atoms with Crippen molar-refractivity contribution in [1.82, 2.24) is 0 Å². The molecule has 0 saturated carbocycles. The van der Waals surface area contributed by atoms with Crippen LogP contribution in [0.15, 0.2) is 29.2 Å². The maximum atomic E-state index is 12.2. The average Bonchev–Trinajstić information content (AvgIpc) is 3.08. The molecule has 0 radical (unpaired) electrons. The van der Waals surface area contributed by atoms with Crippen LogP contribution in [0.4, 0.5) is 0 Å². The lowest BCUT2D eigenvalue weighted by Gasteiger charge is -2.22. The molecule has 3 rings (SSSR count). The quantitative estimate of drug-likeness (QED) is 0.616. The van der Waals surface area contributed by atoms with Crippen molar-refractivity contribution in [2.45, 2.75) is 36.2 Å². The van der Waals surface area contributed by atoms with Gasteiger partial charge in [-0.25, -0.2) is 0 Å². The smallest absolute Gasteiger partial charge is 0.297 e. The summed E-state index contributed by atoms with van der Waals surface area (Å²) >= 11 is 0. The summed E-state index contributed by atoms with van der Waals surface area (Å²) in [4.78, 5) is 0.118. The number of nitrogens with two attached hydrogens (primary N) is 1. The molecule has 1 unspecified atom stereocenters. The van der Waals surface area contributed by atoms with E-state index in [1.165, 1.54) is 12.1 Å². The lowest BCUT2D eigenvalue weighted by Crippen LogP contribution is -2.40. The fourth-order valence-corrected chi connectivity index (χ4v) is 3.44. The number of fused-ring (bicyclic) bond motifs is 1. The third kappa shape index (κ3) is 2.59. The van der Waals surface area contributed by atoms with Crippen LogP contribution in [0, 0.1) is 6.92 Å². The van der Waals surface area contributed by atoms with Crippen molar-refractivity contribution in [1.29, 1.82) is 0 Å². The molecule has 2 aliphatic rings. The van der Waals surface area contributed by atoms with Gasteiger partial charge in [0.05, 0.1) is 11.5 Å². The summed E-state index contributed by atoms with van der Waals surface area (Å²) in [5.41, 5.74) is 6.60. The van der Waals surface area contributed by atoms with Gasteiger partial charge in [-0.15, -0.1) is 0 Å². The molecule has 0 aromatic heterocycles. The number of ether oxygens (including phenoxy) is 2. The molecule has 1 aromatic rings. The minimum atomic E-state index is -3.85. The minimum Gasteiger partial charge on any atom is -0.370 e. The molecule has 1 aromatic carbocycles. The molecule has 0 aliphatic carbocycles. The molecule has 0 bridgehead atoms. The zero-order valence-corrected chi connectivity index (χ0v) is 11.9. The fourth-order valence-electron chi connectivity index (χ4n) is 2.35. The molecule has 2 saturated heterocycles. The van der Waals surface area contributed by atoms with Crippen LogP contribution in [-0.4, -0.2) is 46.0 Å². The first-order valence-corrected chi connectivity index (χ1v) is 7.89. The third-order valence-electron chi connectivity index (χ3n) is 3.56. The first kappa shape index (κ1) is 14.0. The van der Waals surface area contributed by atoms with Gasteiger partial charge in [-0.2, -0.15) is 8.42 Å². The molecule has 2 N–H and O–H groups in total. The van der Waals surface area contributed by atoms with Crippen molar-refractivity contribution < 1.29 is 22.1 Å². The van der Waals surface area contributed by atoms with Gasteiger partial charge < -0.3 is 15.2 Å². The molecule has 4 atom stereocenters. The fraction of sp³-hybridized carbons (Fsp3) is 0.538. The van der Waals surface area contributed by atoms with Crippen molar-refractivity contribution in [3.8, 4) is 0 Å². The summed E-state index contributed by atoms with van der Waals surface area (Å²) < 4.78 is 40.5. The maximum absolute atomic E-state index is 12.2. The van der Waals surface area contributed by atoms with Crippen molar-refractivity contribution in [3.63, 3.8) is 0 Å². The molecule has 20 heavy (non-hydrogen) atoms. The van der Waals surface area contributed by atoms with Crippen molar-refractivity contribution in [2.24, 2.45) is 5.73 Å². The first-order valence-electron chi connectivity index (χ1n) is 6.48. The van der Waals surface area contributed by atoms with E-state index in [0.29, 0.717) is 6.61 Å². The highest BCUT2D eigenvalue weighted by Crippen LogP contribution is 2.37. The van der Waals surface area contributed by atoms with E-state index in [1.54, 1.807) is 12.1 Å². The predicted molar refractivity (Wildman–Crippen MR) is 70.7 cm³/mol. The van der Waals surface area contributed by atoms with E-state index in [-0.39, 0.29) is 23.6 Å². The van der Waals surface area contributed by atoms with Gasteiger partial charge in [0.2, 0.25) is 0 Å². The highest BCUT2D eigenvalue weighted by molar-refractivity contribution is 7.86. The molecule has 2 fully saturated rings. The van der Waals surface area contributed by atoms with Gasteiger partial charge in [0.25, 0.3) is 10.1 Å². The number of benzene rings is 1. The molecule has 7 heteroatoms. The lowest BCUT2D eigenvalue weighted by molar-refractivity contribution is -0.0322. The number of rotatable bonds is 5. The minimum absolute atomic E-state index is 0.0579. The van der Waals surface area contributed by atoms with Crippen molar-refractivity contribution in [3.05, 3.63) is 29.8 Å². The summed E-state index contributed by atoms with van der Waals surface area (Å²) in [5, 5.41) is 0. The van der Waals surface area contributed by atoms with Crippen molar-refractivity contribution in [2.75, 3.05) is 13.2 Å². The van der Waals surface area contributed by atoms with E-state index in [2.05, 4.69) is 0 Å². The van der Waals surface area contributed by atoms with Gasteiger partial charge in [0, 0.05) is 6.54 Å². The Hall–Kier alpha value is -0.990. The average molecular weight is 299 g/mol. The van der Waals surface area contributed by atoms with Crippen LogP contribution < -0.4 is 5.73 Å². The van der Waals surface area contributed by atoms with Crippen LogP contribution >= 0.6 is 0 Å². The SMILES string of the molecule is Cc1ccc(S(=O)(=O)OC(CN)[C@H]2OC[C@@H]3O[C@@H]32)cc1. The Bertz CT molecular complexity index is 585. The lowest BCUT2D eigenvalue weighted by atomic mass is 10.1. The molecular weight excluding hydrogens is 282 g/mol. The Balaban J connectivity index is 1.75. The topological polar surface area (TPSA) is 91.2 Å². The molecular formula is C13H17NO5S. The predicted octanol–water partition coefficient (Wildman–Crippen LogP) is 0.194. The highest BCUT2D eigenvalue weighted by atomic mass is 32.2. The van der Waals surface area contributed by atoms with Crippen LogP contribution in [0.25, 0.3) is 0 Å². The summed E-state index contributed by atoms with van der Waals surface area (Å²) in [6.07, 6.45) is -1.15. The van der Waals surface area contributed by atoms with Crippen LogP contribution in [0.3, 0.4) is 0 Å². The van der Waals surface area contributed by atoms with Gasteiger partial charge in [-0.1, -0.05) is 17.7 Å². The monoisotopic (exact) mass is 299 g/mol. The zero-order chi connectivity index (χ0) is 14.3. The molecule has 0 amide bonds.